The van der Waals surface area contributed by atoms with E-state index >= 15 is 0 Å². The van der Waals surface area contributed by atoms with Crippen LogP contribution in [0.25, 0.3) is 11.5 Å². The normalized spacial score (nSPS) is 10.7. The highest BCUT2D eigenvalue weighted by Gasteiger charge is 2.11. The summed E-state index contributed by atoms with van der Waals surface area (Å²) in [4.78, 5) is 12.1. The highest BCUT2D eigenvalue weighted by molar-refractivity contribution is 7.99. The second kappa shape index (κ2) is 7.72. The summed E-state index contributed by atoms with van der Waals surface area (Å²) in [5, 5.41) is 11.8. The zero-order valence-electron chi connectivity index (χ0n) is 13.7. The molecular weight excluding hydrogens is 358 g/mol. The molecule has 1 N–H and O–H groups in total. The fourth-order valence-electron chi connectivity index (χ4n) is 2.35. The number of carbonyl (C=O) groups is 1. The van der Waals surface area contributed by atoms with E-state index in [1.54, 1.807) is 24.3 Å². The summed E-state index contributed by atoms with van der Waals surface area (Å²) in [6.45, 7) is 3.99. The molecule has 25 heavy (non-hydrogen) atoms. The first-order chi connectivity index (χ1) is 12.0. The zero-order chi connectivity index (χ0) is 17.8. The SMILES string of the molecule is Cc1cc(C)cc(NC(=O)CSc2nnc(-c3ccc(Cl)cc3)o2)c1. The number of amides is 1. The van der Waals surface area contributed by atoms with Gasteiger partial charge >= 0.3 is 0 Å². The summed E-state index contributed by atoms with van der Waals surface area (Å²) in [5.74, 6) is 0.463. The topological polar surface area (TPSA) is 68.0 Å². The van der Waals surface area contributed by atoms with Crippen LogP contribution in [0.3, 0.4) is 0 Å². The van der Waals surface area contributed by atoms with E-state index in [4.69, 9.17) is 16.0 Å². The molecule has 1 aromatic heterocycles. The monoisotopic (exact) mass is 373 g/mol. The Morgan fingerprint density at radius 3 is 2.48 bits per heavy atom. The van der Waals surface area contributed by atoms with Gasteiger partial charge in [-0.1, -0.05) is 29.4 Å². The molecule has 0 aliphatic rings. The first-order valence-corrected chi connectivity index (χ1v) is 8.96. The van der Waals surface area contributed by atoms with Gasteiger partial charge in [-0.2, -0.15) is 0 Å². The molecule has 1 heterocycles. The largest absolute Gasteiger partial charge is 0.411 e. The van der Waals surface area contributed by atoms with E-state index in [2.05, 4.69) is 21.6 Å². The highest BCUT2D eigenvalue weighted by Crippen LogP contribution is 2.24. The van der Waals surface area contributed by atoms with Crippen LogP contribution in [0.15, 0.2) is 52.1 Å². The number of thioether (sulfide) groups is 1. The molecule has 0 aliphatic carbocycles. The van der Waals surface area contributed by atoms with E-state index in [1.807, 2.05) is 26.0 Å². The summed E-state index contributed by atoms with van der Waals surface area (Å²) in [6.07, 6.45) is 0. The Labute approximate surface area is 154 Å². The highest BCUT2D eigenvalue weighted by atomic mass is 35.5. The summed E-state index contributed by atoms with van der Waals surface area (Å²) in [6, 6.07) is 13.0. The van der Waals surface area contributed by atoms with E-state index in [0.29, 0.717) is 16.1 Å². The van der Waals surface area contributed by atoms with Crippen LogP contribution in [0, 0.1) is 13.8 Å². The standard InChI is InChI=1S/C18H16ClN3O2S/c1-11-7-12(2)9-15(8-11)20-16(23)10-25-18-22-21-17(24-18)13-3-5-14(19)6-4-13/h3-9H,10H2,1-2H3,(H,20,23). The fraction of sp³-hybridized carbons (Fsp3) is 0.167. The van der Waals surface area contributed by atoms with Crippen LogP contribution < -0.4 is 5.32 Å². The molecule has 0 bridgehead atoms. The molecule has 0 radical (unpaired) electrons. The van der Waals surface area contributed by atoms with Gasteiger partial charge in [-0.15, -0.1) is 10.2 Å². The van der Waals surface area contributed by atoms with Gasteiger partial charge in [0.1, 0.15) is 0 Å². The lowest BCUT2D eigenvalue weighted by Gasteiger charge is -2.06. The Bertz CT molecular complexity index is 873. The maximum absolute atomic E-state index is 12.1. The van der Waals surface area contributed by atoms with Crippen molar-refractivity contribution in [1.29, 1.82) is 0 Å². The van der Waals surface area contributed by atoms with Gasteiger partial charge in [0.25, 0.3) is 5.22 Å². The van der Waals surface area contributed by atoms with Crippen molar-refractivity contribution in [3.8, 4) is 11.5 Å². The maximum Gasteiger partial charge on any atom is 0.277 e. The lowest BCUT2D eigenvalue weighted by Crippen LogP contribution is -2.14. The Kier molecular flexibility index (Phi) is 5.40. The molecule has 0 saturated heterocycles. The van der Waals surface area contributed by atoms with Crippen LogP contribution in [0.5, 0.6) is 0 Å². The van der Waals surface area contributed by atoms with Crippen molar-refractivity contribution in [3.05, 3.63) is 58.6 Å². The number of hydrogen-bond acceptors (Lipinski definition) is 5. The molecule has 0 spiro atoms. The van der Waals surface area contributed by atoms with Crippen LogP contribution in [0.2, 0.25) is 5.02 Å². The Morgan fingerprint density at radius 1 is 1.12 bits per heavy atom. The third kappa shape index (κ3) is 4.84. The van der Waals surface area contributed by atoms with E-state index in [1.165, 1.54) is 11.8 Å². The van der Waals surface area contributed by atoms with Crippen molar-refractivity contribution < 1.29 is 9.21 Å². The average molecular weight is 374 g/mol. The lowest BCUT2D eigenvalue weighted by atomic mass is 10.1. The van der Waals surface area contributed by atoms with Crippen LogP contribution >= 0.6 is 23.4 Å². The molecule has 0 fully saturated rings. The molecule has 7 heteroatoms. The Morgan fingerprint density at radius 2 is 1.80 bits per heavy atom. The minimum absolute atomic E-state index is 0.124. The van der Waals surface area contributed by atoms with Gasteiger partial charge in [0.15, 0.2) is 0 Å². The molecule has 3 rings (SSSR count). The summed E-state index contributed by atoms with van der Waals surface area (Å²) in [7, 11) is 0. The molecule has 0 saturated carbocycles. The van der Waals surface area contributed by atoms with Gasteiger partial charge < -0.3 is 9.73 Å². The average Bonchev–Trinajstić information content (AvgIpc) is 3.01. The molecule has 5 nitrogen and oxygen atoms in total. The number of nitrogens with zero attached hydrogens (tertiary/aromatic N) is 2. The minimum Gasteiger partial charge on any atom is -0.411 e. The Balaban J connectivity index is 1.58. The van der Waals surface area contributed by atoms with E-state index in [0.717, 1.165) is 22.4 Å². The third-order valence-electron chi connectivity index (χ3n) is 3.33. The van der Waals surface area contributed by atoms with Crippen LogP contribution in [-0.4, -0.2) is 21.9 Å². The summed E-state index contributed by atoms with van der Waals surface area (Å²) < 4.78 is 5.57. The Hall–Kier alpha value is -2.31. The summed E-state index contributed by atoms with van der Waals surface area (Å²) >= 11 is 7.06. The number of rotatable bonds is 5. The second-order valence-electron chi connectivity index (χ2n) is 5.59. The number of aromatic nitrogens is 2. The van der Waals surface area contributed by atoms with Gasteiger partial charge in [-0.3, -0.25) is 4.79 Å². The van der Waals surface area contributed by atoms with Gasteiger partial charge in [0.2, 0.25) is 11.8 Å². The second-order valence-corrected chi connectivity index (χ2v) is 6.96. The van der Waals surface area contributed by atoms with Gasteiger partial charge in [-0.25, -0.2) is 0 Å². The van der Waals surface area contributed by atoms with Crippen molar-refractivity contribution >= 4 is 35.0 Å². The number of aryl methyl sites for hydroxylation is 2. The predicted octanol–water partition coefficient (Wildman–Crippen LogP) is 4.74. The third-order valence-corrected chi connectivity index (χ3v) is 4.40. The quantitative estimate of drug-likeness (QED) is 0.654. The van der Waals surface area contributed by atoms with Crippen molar-refractivity contribution in [2.24, 2.45) is 0 Å². The first kappa shape index (κ1) is 17.5. The van der Waals surface area contributed by atoms with Crippen LogP contribution in [0.4, 0.5) is 5.69 Å². The number of anilines is 1. The van der Waals surface area contributed by atoms with Gasteiger partial charge in [0, 0.05) is 16.3 Å². The summed E-state index contributed by atoms with van der Waals surface area (Å²) in [5.41, 5.74) is 3.78. The van der Waals surface area contributed by atoms with Crippen LogP contribution in [-0.2, 0) is 4.79 Å². The van der Waals surface area contributed by atoms with Crippen molar-refractivity contribution in [1.82, 2.24) is 10.2 Å². The van der Waals surface area contributed by atoms with Crippen molar-refractivity contribution in [3.63, 3.8) is 0 Å². The maximum atomic E-state index is 12.1. The number of hydrogen-bond donors (Lipinski definition) is 1. The molecular formula is C18H16ClN3O2S. The fourth-order valence-corrected chi connectivity index (χ4v) is 3.04. The zero-order valence-corrected chi connectivity index (χ0v) is 15.3. The first-order valence-electron chi connectivity index (χ1n) is 7.60. The van der Waals surface area contributed by atoms with E-state index < -0.39 is 0 Å². The van der Waals surface area contributed by atoms with Crippen LogP contribution in [0.1, 0.15) is 11.1 Å². The molecule has 128 valence electrons. The predicted molar refractivity (Wildman–Crippen MR) is 100 cm³/mol. The van der Waals surface area contributed by atoms with Gasteiger partial charge in [-0.05, 0) is 61.4 Å². The molecule has 0 unspecified atom stereocenters. The molecule has 2 aromatic carbocycles. The van der Waals surface area contributed by atoms with Crippen molar-refractivity contribution in [2.75, 3.05) is 11.1 Å². The number of halogens is 1. The lowest BCUT2D eigenvalue weighted by molar-refractivity contribution is -0.113. The molecule has 0 aliphatic heterocycles. The minimum atomic E-state index is -0.124. The number of nitrogens with one attached hydrogen (secondary N) is 1. The van der Waals surface area contributed by atoms with E-state index in [9.17, 15) is 4.79 Å². The van der Waals surface area contributed by atoms with Gasteiger partial charge in [0.05, 0.1) is 5.75 Å². The number of benzene rings is 2. The molecule has 3 aromatic rings. The smallest absolute Gasteiger partial charge is 0.277 e. The molecule has 1 amide bonds. The number of carbonyl (C=O) groups excluding carboxylic acids is 1. The van der Waals surface area contributed by atoms with E-state index in [-0.39, 0.29) is 11.7 Å². The van der Waals surface area contributed by atoms with Crippen molar-refractivity contribution in [2.45, 2.75) is 19.1 Å². The molecule has 0 atom stereocenters.